The third-order valence-electron chi connectivity index (χ3n) is 8.52. The standard InChI is InChI=1S/C30H34N4O7/c1-33(2)19-12-15(13-32-16-8-6-5-7-9-16)24(35)21-17(19)10-14-11-18-23(34(3)4)26(37)22(29(31)40)28(39)30(18,41)27(38)20(14)25(21)36/h5-9,12,14,18,23,32,35,37-38,41H,10-11,13H2,1-4H3,(H2,31,40). The predicted molar refractivity (Wildman–Crippen MR) is 152 cm³/mol. The minimum Gasteiger partial charge on any atom is -0.510 e. The van der Waals surface area contributed by atoms with Crippen LogP contribution < -0.4 is 16.0 Å². The molecule has 3 aliphatic carbocycles. The van der Waals surface area contributed by atoms with Gasteiger partial charge in [0, 0.05) is 49.1 Å². The summed E-state index contributed by atoms with van der Waals surface area (Å²) >= 11 is 0. The summed E-state index contributed by atoms with van der Waals surface area (Å²) in [6, 6.07) is 10.1. The predicted octanol–water partition coefficient (Wildman–Crippen LogP) is 1.80. The largest absolute Gasteiger partial charge is 0.510 e. The monoisotopic (exact) mass is 562 g/mol. The number of benzene rings is 2. The number of Topliss-reactive ketones (excluding diaryl/α,β-unsaturated/α-hetero) is 2. The zero-order chi connectivity index (χ0) is 30.0. The fourth-order valence-corrected chi connectivity index (χ4v) is 6.64. The van der Waals surface area contributed by atoms with Crippen molar-refractivity contribution in [3.05, 3.63) is 75.8 Å². The van der Waals surface area contributed by atoms with Crippen molar-refractivity contribution in [1.82, 2.24) is 4.90 Å². The van der Waals surface area contributed by atoms with Crippen LogP contribution in [0, 0.1) is 11.8 Å². The molecule has 41 heavy (non-hydrogen) atoms. The van der Waals surface area contributed by atoms with E-state index < -0.39 is 58.0 Å². The van der Waals surface area contributed by atoms with E-state index >= 15 is 0 Å². The van der Waals surface area contributed by atoms with Crippen LogP contribution in [0.1, 0.15) is 27.9 Å². The number of rotatable bonds is 6. The van der Waals surface area contributed by atoms with E-state index in [-0.39, 0.29) is 36.3 Å². The highest BCUT2D eigenvalue weighted by Crippen LogP contribution is 2.53. The van der Waals surface area contributed by atoms with Gasteiger partial charge < -0.3 is 36.4 Å². The van der Waals surface area contributed by atoms with Gasteiger partial charge in [0.05, 0.1) is 11.6 Å². The van der Waals surface area contributed by atoms with Gasteiger partial charge in [-0.15, -0.1) is 0 Å². The molecule has 0 aromatic heterocycles. The number of aliphatic hydroxyl groups excluding tert-OH is 2. The lowest BCUT2D eigenvalue weighted by molar-refractivity contribution is -0.148. The number of aliphatic hydroxyl groups is 3. The van der Waals surface area contributed by atoms with Crippen LogP contribution >= 0.6 is 0 Å². The number of hydrogen-bond acceptors (Lipinski definition) is 10. The van der Waals surface area contributed by atoms with Crippen molar-refractivity contribution in [3.63, 3.8) is 0 Å². The number of likely N-dealkylation sites (N-methyl/N-ethyl adjacent to an activating group) is 1. The Labute approximate surface area is 237 Å². The van der Waals surface area contributed by atoms with Crippen LogP contribution in [0.3, 0.4) is 0 Å². The van der Waals surface area contributed by atoms with Crippen LogP contribution in [0.2, 0.25) is 0 Å². The summed E-state index contributed by atoms with van der Waals surface area (Å²) in [4.78, 5) is 43.1. The van der Waals surface area contributed by atoms with E-state index in [0.29, 0.717) is 16.8 Å². The maximum atomic E-state index is 14.1. The molecule has 0 fully saturated rings. The number of hydrogen-bond donors (Lipinski definition) is 6. The summed E-state index contributed by atoms with van der Waals surface area (Å²) in [5.74, 6) is -6.66. The number of nitrogens with zero attached hydrogens (tertiary/aromatic N) is 2. The van der Waals surface area contributed by atoms with Crippen molar-refractivity contribution in [2.24, 2.45) is 17.6 Å². The number of carbonyl (C=O) groups is 3. The molecule has 2 aromatic rings. The van der Waals surface area contributed by atoms with Gasteiger partial charge in [-0.3, -0.25) is 19.3 Å². The molecule has 0 saturated carbocycles. The summed E-state index contributed by atoms with van der Waals surface area (Å²) in [5.41, 5.74) is 4.25. The van der Waals surface area contributed by atoms with E-state index in [2.05, 4.69) is 5.32 Å². The van der Waals surface area contributed by atoms with E-state index in [1.165, 1.54) is 4.90 Å². The number of aromatic hydroxyl groups is 1. The Kier molecular flexibility index (Phi) is 6.83. The molecular weight excluding hydrogens is 528 g/mol. The second kappa shape index (κ2) is 9.93. The molecule has 4 unspecified atom stereocenters. The highest BCUT2D eigenvalue weighted by molar-refractivity contribution is 6.25. The Balaban J connectivity index is 1.66. The number of primary amides is 1. The van der Waals surface area contributed by atoms with Crippen molar-refractivity contribution < 1.29 is 34.8 Å². The lowest BCUT2D eigenvalue weighted by Gasteiger charge is -2.50. The summed E-state index contributed by atoms with van der Waals surface area (Å²) in [7, 11) is 6.84. The van der Waals surface area contributed by atoms with Gasteiger partial charge in [-0.25, -0.2) is 0 Å². The van der Waals surface area contributed by atoms with E-state index in [9.17, 15) is 34.8 Å². The highest BCUT2D eigenvalue weighted by atomic mass is 16.3. The van der Waals surface area contributed by atoms with Crippen molar-refractivity contribution in [2.45, 2.75) is 31.0 Å². The molecule has 216 valence electrons. The molecule has 11 heteroatoms. The van der Waals surface area contributed by atoms with Crippen molar-refractivity contribution in [3.8, 4) is 5.75 Å². The third kappa shape index (κ3) is 4.15. The van der Waals surface area contributed by atoms with Crippen molar-refractivity contribution in [1.29, 1.82) is 0 Å². The summed E-state index contributed by atoms with van der Waals surface area (Å²) < 4.78 is 0. The number of anilines is 2. The molecule has 0 saturated heterocycles. The van der Waals surface area contributed by atoms with Crippen LogP contribution in [-0.4, -0.2) is 82.6 Å². The number of nitrogens with two attached hydrogens (primary N) is 1. The van der Waals surface area contributed by atoms with Gasteiger partial charge in [0.15, 0.2) is 11.4 Å². The number of para-hydroxylation sites is 1. The normalized spacial score (nSPS) is 25.6. The van der Waals surface area contributed by atoms with Crippen molar-refractivity contribution in [2.75, 3.05) is 38.4 Å². The molecule has 11 nitrogen and oxygen atoms in total. The van der Waals surface area contributed by atoms with Gasteiger partial charge in [-0.1, -0.05) is 18.2 Å². The molecule has 0 radical (unpaired) electrons. The second-order valence-corrected chi connectivity index (χ2v) is 11.3. The van der Waals surface area contributed by atoms with Crippen LogP contribution in [0.4, 0.5) is 11.4 Å². The molecule has 0 bridgehead atoms. The molecule has 4 atom stereocenters. The molecule has 2 aromatic carbocycles. The van der Waals surface area contributed by atoms with Crippen LogP contribution in [0.5, 0.6) is 5.75 Å². The minimum absolute atomic E-state index is 0.0122. The molecule has 1 amide bonds. The lowest BCUT2D eigenvalue weighted by Crippen LogP contribution is -2.63. The van der Waals surface area contributed by atoms with Crippen LogP contribution in [-0.2, 0) is 22.6 Å². The maximum absolute atomic E-state index is 14.1. The number of nitrogens with one attached hydrogen (secondary N) is 1. The van der Waals surface area contributed by atoms with E-state index in [1.54, 1.807) is 14.1 Å². The Hall–Kier alpha value is -4.35. The van der Waals surface area contributed by atoms with Crippen LogP contribution in [0.25, 0.3) is 0 Å². The number of allylic oxidation sites excluding steroid dienone is 1. The SMILES string of the molecule is CN(C)c1cc(CNc2ccccc2)c(O)c2c1CC1CC3C(N(C)C)C(O)=C(C(N)=O)C(=O)C3(O)C(O)=C1C2=O. The number of ketones is 2. The Morgan fingerprint density at radius 1 is 1.10 bits per heavy atom. The molecule has 3 aliphatic rings. The Bertz CT molecular complexity index is 1530. The number of phenolic OH excluding ortho intramolecular Hbond substituents is 1. The highest BCUT2D eigenvalue weighted by Gasteiger charge is 2.63. The second-order valence-electron chi connectivity index (χ2n) is 11.3. The topological polar surface area (TPSA) is 177 Å². The van der Waals surface area contributed by atoms with Crippen molar-refractivity contribution >= 4 is 28.8 Å². The first-order valence-electron chi connectivity index (χ1n) is 13.3. The van der Waals surface area contributed by atoms with E-state index in [4.69, 9.17) is 5.73 Å². The number of amides is 1. The molecule has 7 N–H and O–H groups in total. The van der Waals surface area contributed by atoms with Gasteiger partial charge in [-0.05, 0) is 56.6 Å². The average Bonchev–Trinajstić information content (AvgIpc) is 2.90. The molecular formula is C30H34N4O7. The summed E-state index contributed by atoms with van der Waals surface area (Å²) in [6.07, 6.45) is 0.263. The zero-order valence-corrected chi connectivity index (χ0v) is 23.3. The number of fused-ring (bicyclic) bond motifs is 3. The van der Waals surface area contributed by atoms with Gasteiger partial charge >= 0.3 is 0 Å². The third-order valence-corrected chi connectivity index (χ3v) is 8.52. The smallest absolute Gasteiger partial charge is 0.255 e. The van der Waals surface area contributed by atoms with Gasteiger partial charge in [0.2, 0.25) is 5.78 Å². The average molecular weight is 563 g/mol. The molecule has 0 aliphatic heterocycles. The fourth-order valence-electron chi connectivity index (χ4n) is 6.64. The Morgan fingerprint density at radius 2 is 1.76 bits per heavy atom. The number of phenols is 1. The Morgan fingerprint density at radius 3 is 2.34 bits per heavy atom. The lowest BCUT2D eigenvalue weighted by atomic mass is 9.58. The zero-order valence-electron chi connectivity index (χ0n) is 23.3. The number of carbonyl (C=O) groups excluding carboxylic acids is 3. The molecule has 5 rings (SSSR count). The molecule has 0 spiro atoms. The van der Waals surface area contributed by atoms with Gasteiger partial charge in [0.1, 0.15) is 22.8 Å². The summed E-state index contributed by atoms with van der Waals surface area (Å²) in [6.45, 7) is 0.201. The van der Waals surface area contributed by atoms with E-state index in [1.807, 2.05) is 55.4 Å². The first-order chi connectivity index (χ1) is 19.3. The maximum Gasteiger partial charge on any atom is 0.255 e. The van der Waals surface area contributed by atoms with Gasteiger partial charge in [-0.2, -0.15) is 0 Å². The summed E-state index contributed by atoms with van der Waals surface area (Å²) in [5, 5.41) is 48.8. The quantitative estimate of drug-likeness (QED) is 0.285. The minimum atomic E-state index is -2.67. The van der Waals surface area contributed by atoms with Crippen LogP contribution in [0.15, 0.2) is 59.1 Å². The first-order valence-corrected chi connectivity index (χ1v) is 13.3. The van der Waals surface area contributed by atoms with Gasteiger partial charge in [0.25, 0.3) is 5.91 Å². The van der Waals surface area contributed by atoms with E-state index in [0.717, 1.165) is 5.69 Å². The first kappa shape index (κ1) is 28.2. The fraction of sp³-hybridized carbons (Fsp3) is 0.367. The molecule has 0 heterocycles.